The summed E-state index contributed by atoms with van der Waals surface area (Å²) < 4.78 is 12.5. The highest BCUT2D eigenvalue weighted by Gasteiger charge is 2.47. The number of hydrogen-bond donors (Lipinski definition) is 0. The van der Waals surface area contributed by atoms with Crippen molar-refractivity contribution in [3.05, 3.63) is 66.5 Å². The Morgan fingerprint density at radius 1 is 0.967 bits per heavy atom. The Kier molecular flexibility index (Phi) is 5.01. The molecule has 3 aromatic rings. The number of benzene rings is 2. The van der Waals surface area contributed by atoms with Crippen LogP contribution in [0.5, 0.6) is 0 Å². The van der Waals surface area contributed by atoms with Crippen LogP contribution in [0.1, 0.15) is 25.3 Å². The number of rotatable bonds is 3. The van der Waals surface area contributed by atoms with Gasteiger partial charge in [0, 0.05) is 49.3 Å². The molecule has 0 radical (unpaired) electrons. The number of pyridine rings is 1. The Labute approximate surface area is 176 Å². The number of ether oxygens (including phenoxy) is 2. The Morgan fingerprint density at radius 3 is 2.37 bits per heavy atom. The van der Waals surface area contributed by atoms with Crippen molar-refractivity contribution in [2.24, 2.45) is 5.92 Å². The topological polar surface area (TPSA) is 51.7 Å². The van der Waals surface area contributed by atoms with Crippen molar-refractivity contribution in [1.29, 1.82) is 0 Å². The van der Waals surface area contributed by atoms with E-state index < -0.39 is 5.79 Å². The van der Waals surface area contributed by atoms with E-state index in [1.807, 2.05) is 23.4 Å². The van der Waals surface area contributed by atoms with E-state index in [2.05, 4.69) is 47.4 Å². The van der Waals surface area contributed by atoms with Crippen LogP contribution in [0.4, 0.5) is 0 Å². The van der Waals surface area contributed by atoms with Crippen molar-refractivity contribution in [2.75, 3.05) is 26.3 Å². The van der Waals surface area contributed by atoms with Gasteiger partial charge in [-0.1, -0.05) is 36.4 Å². The van der Waals surface area contributed by atoms with Crippen LogP contribution in [0.3, 0.4) is 0 Å². The number of piperidine rings is 1. The lowest BCUT2D eigenvalue weighted by Gasteiger charge is -2.41. The molecule has 2 fully saturated rings. The molecule has 154 valence electrons. The van der Waals surface area contributed by atoms with Crippen LogP contribution in [0.2, 0.25) is 0 Å². The molecule has 30 heavy (non-hydrogen) atoms. The molecule has 5 nitrogen and oxygen atoms in total. The third kappa shape index (κ3) is 3.38. The molecule has 0 unspecified atom stereocenters. The molecule has 2 aromatic carbocycles. The molecular weight excluding hydrogens is 376 g/mol. The van der Waals surface area contributed by atoms with Crippen LogP contribution in [0, 0.1) is 5.92 Å². The van der Waals surface area contributed by atoms with Crippen LogP contribution >= 0.6 is 0 Å². The molecule has 0 bridgehead atoms. The summed E-state index contributed by atoms with van der Waals surface area (Å²) in [7, 11) is 0. The van der Waals surface area contributed by atoms with E-state index in [1.165, 1.54) is 10.9 Å². The molecule has 0 N–H and O–H groups in total. The second-order valence-corrected chi connectivity index (χ2v) is 8.16. The zero-order valence-corrected chi connectivity index (χ0v) is 17.2. The first-order valence-corrected chi connectivity index (χ1v) is 10.6. The molecule has 5 heteroatoms. The predicted molar refractivity (Wildman–Crippen MR) is 116 cm³/mol. The first-order valence-electron chi connectivity index (χ1n) is 10.6. The number of carbonyl (C=O) groups excluding carboxylic acids is 1. The summed E-state index contributed by atoms with van der Waals surface area (Å²) >= 11 is 0. The molecule has 0 spiro atoms. The summed E-state index contributed by atoms with van der Waals surface area (Å²) in [4.78, 5) is 17.8. The van der Waals surface area contributed by atoms with Crippen molar-refractivity contribution in [2.45, 2.75) is 25.6 Å². The van der Waals surface area contributed by atoms with Crippen LogP contribution in [-0.2, 0) is 20.1 Å². The quantitative estimate of drug-likeness (QED) is 0.653. The average molecular weight is 402 g/mol. The zero-order chi connectivity index (χ0) is 20.6. The summed E-state index contributed by atoms with van der Waals surface area (Å²) in [5.41, 5.74) is 3.41. The fourth-order valence-corrected chi connectivity index (χ4v) is 4.80. The van der Waals surface area contributed by atoms with Crippen LogP contribution in [-0.4, -0.2) is 42.1 Å². The van der Waals surface area contributed by atoms with Crippen molar-refractivity contribution in [3.8, 4) is 11.1 Å². The van der Waals surface area contributed by atoms with Gasteiger partial charge in [0.15, 0.2) is 5.79 Å². The van der Waals surface area contributed by atoms with Gasteiger partial charge in [0.1, 0.15) is 0 Å². The summed E-state index contributed by atoms with van der Waals surface area (Å²) in [6, 6.07) is 17.0. The molecule has 5 rings (SSSR count). The molecule has 1 aromatic heterocycles. The van der Waals surface area contributed by atoms with Gasteiger partial charge in [-0.3, -0.25) is 9.78 Å². The highest BCUT2D eigenvalue weighted by molar-refractivity contribution is 5.86. The molecule has 2 aliphatic rings. The predicted octanol–water partition coefficient (Wildman–Crippen LogP) is 4.36. The Bertz CT molecular complexity index is 1050. The van der Waals surface area contributed by atoms with E-state index in [-0.39, 0.29) is 11.8 Å². The number of aromatic nitrogens is 1. The molecule has 3 heterocycles. The van der Waals surface area contributed by atoms with Gasteiger partial charge in [-0.05, 0) is 41.5 Å². The van der Waals surface area contributed by atoms with Gasteiger partial charge < -0.3 is 14.4 Å². The number of amides is 1. The van der Waals surface area contributed by atoms with Gasteiger partial charge in [0.25, 0.3) is 0 Å². The van der Waals surface area contributed by atoms with E-state index in [4.69, 9.17) is 9.47 Å². The lowest BCUT2D eigenvalue weighted by Crippen LogP contribution is -2.45. The molecule has 1 amide bonds. The zero-order valence-electron chi connectivity index (χ0n) is 17.2. The van der Waals surface area contributed by atoms with Gasteiger partial charge in [-0.15, -0.1) is 0 Å². The smallest absolute Gasteiger partial charge is 0.219 e. The molecule has 0 saturated carbocycles. The van der Waals surface area contributed by atoms with Gasteiger partial charge >= 0.3 is 0 Å². The first kappa shape index (κ1) is 19.2. The van der Waals surface area contributed by atoms with Gasteiger partial charge in [-0.2, -0.15) is 0 Å². The van der Waals surface area contributed by atoms with E-state index in [0.29, 0.717) is 13.2 Å². The van der Waals surface area contributed by atoms with E-state index in [1.54, 1.807) is 6.92 Å². The number of hydrogen-bond acceptors (Lipinski definition) is 4. The normalized spacial score (nSPS) is 19.3. The minimum absolute atomic E-state index is 0.145. The van der Waals surface area contributed by atoms with Crippen molar-refractivity contribution >= 4 is 16.7 Å². The SMILES string of the molecule is CC(=O)N1CCC(C2(c3ccc(-c4ccc5cnccc5c4)cc3)OCCO2)CC1. The van der Waals surface area contributed by atoms with Crippen molar-refractivity contribution < 1.29 is 14.3 Å². The third-order valence-electron chi connectivity index (χ3n) is 6.46. The number of nitrogens with zero attached hydrogens (tertiary/aromatic N) is 2. The number of likely N-dealkylation sites (tertiary alicyclic amines) is 1. The summed E-state index contributed by atoms with van der Waals surface area (Å²) in [6.07, 6.45) is 5.49. The Hall–Kier alpha value is -2.76. The Morgan fingerprint density at radius 2 is 1.67 bits per heavy atom. The minimum Gasteiger partial charge on any atom is -0.343 e. The van der Waals surface area contributed by atoms with Crippen molar-refractivity contribution in [1.82, 2.24) is 9.88 Å². The summed E-state index contributed by atoms with van der Waals surface area (Å²) in [5.74, 6) is -0.308. The van der Waals surface area contributed by atoms with E-state index in [0.717, 1.165) is 42.4 Å². The first-order chi connectivity index (χ1) is 14.7. The maximum absolute atomic E-state index is 11.7. The van der Waals surface area contributed by atoms with E-state index in [9.17, 15) is 4.79 Å². The molecule has 2 aliphatic heterocycles. The fourth-order valence-electron chi connectivity index (χ4n) is 4.80. The average Bonchev–Trinajstić information content (AvgIpc) is 3.30. The second kappa shape index (κ2) is 7.82. The van der Waals surface area contributed by atoms with Gasteiger partial charge in [0.2, 0.25) is 5.91 Å². The molecule has 2 saturated heterocycles. The number of fused-ring (bicyclic) bond motifs is 1. The summed E-state index contributed by atoms with van der Waals surface area (Å²) in [6.45, 7) is 4.37. The number of carbonyl (C=O) groups is 1. The molecular formula is C25H26N2O3. The van der Waals surface area contributed by atoms with Gasteiger partial charge in [-0.25, -0.2) is 0 Å². The largest absolute Gasteiger partial charge is 0.343 e. The summed E-state index contributed by atoms with van der Waals surface area (Å²) in [5, 5.41) is 2.32. The highest BCUT2D eigenvalue weighted by atomic mass is 16.7. The maximum Gasteiger partial charge on any atom is 0.219 e. The minimum atomic E-state index is -0.698. The molecule has 0 aliphatic carbocycles. The maximum atomic E-state index is 11.7. The van der Waals surface area contributed by atoms with Crippen LogP contribution in [0.25, 0.3) is 21.9 Å². The van der Waals surface area contributed by atoms with E-state index >= 15 is 0 Å². The Balaban J connectivity index is 1.42. The monoisotopic (exact) mass is 402 g/mol. The highest BCUT2D eigenvalue weighted by Crippen LogP contribution is 2.44. The van der Waals surface area contributed by atoms with Crippen LogP contribution < -0.4 is 0 Å². The third-order valence-corrected chi connectivity index (χ3v) is 6.46. The standard InChI is InChI=1S/C25H26N2O3/c1-18(28)27-12-9-24(10-13-27)25(29-14-15-30-25)23-6-4-19(5-7-23)20-2-3-22-17-26-11-8-21(22)16-20/h2-8,11,16-17,24H,9-10,12-15H2,1H3. The lowest BCUT2D eigenvalue weighted by molar-refractivity contribution is -0.214. The van der Waals surface area contributed by atoms with Crippen molar-refractivity contribution in [3.63, 3.8) is 0 Å². The fraction of sp³-hybridized carbons (Fsp3) is 0.360. The lowest BCUT2D eigenvalue weighted by atomic mass is 9.83. The molecule has 0 atom stereocenters. The van der Waals surface area contributed by atoms with Gasteiger partial charge in [0.05, 0.1) is 13.2 Å². The van der Waals surface area contributed by atoms with Crippen LogP contribution in [0.15, 0.2) is 60.9 Å². The second-order valence-electron chi connectivity index (χ2n) is 8.16.